The lowest BCUT2D eigenvalue weighted by atomic mass is 10.2. The third kappa shape index (κ3) is 0.811. The molecule has 0 saturated carbocycles. The lowest BCUT2D eigenvalue weighted by molar-refractivity contribution is 1.30. The molecule has 0 amide bonds. The lowest BCUT2D eigenvalue weighted by Crippen LogP contribution is -1.88. The molecule has 1 aromatic heterocycles. The summed E-state index contributed by atoms with van der Waals surface area (Å²) in [6.45, 7) is 2.40. The van der Waals surface area contributed by atoms with Crippen LogP contribution in [0, 0.1) is 0 Å². The summed E-state index contributed by atoms with van der Waals surface area (Å²) < 4.78 is 0. The van der Waals surface area contributed by atoms with Gasteiger partial charge >= 0.3 is 0 Å². The molecule has 2 aromatic rings. The number of anilines is 1. The van der Waals surface area contributed by atoms with Gasteiger partial charge in [0.25, 0.3) is 0 Å². The van der Waals surface area contributed by atoms with Crippen molar-refractivity contribution in [2.24, 2.45) is 0 Å². The fraction of sp³-hybridized carbons (Fsp3) is 0.200. The molecule has 0 bridgehead atoms. The van der Waals surface area contributed by atoms with E-state index >= 15 is 0 Å². The van der Waals surface area contributed by atoms with Gasteiger partial charge in [-0.25, -0.2) is 0 Å². The van der Waals surface area contributed by atoms with Crippen molar-refractivity contribution in [3.05, 3.63) is 30.3 Å². The molecule has 0 radical (unpaired) electrons. The monoisotopic (exact) mass is 158 g/mol. The van der Waals surface area contributed by atoms with Crippen LogP contribution in [-0.2, 0) is 0 Å². The molecule has 1 aliphatic heterocycles. The van der Waals surface area contributed by atoms with Crippen molar-refractivity contribution in [2.45, 2.75) is 0 Å². The van der Waals surface area contributed by atoms with E-state index < -0.39 is 0 Å². The lowest BCUT2D eigenvalue weighted by Gasteiger charge is -1.93. The fourth-order valence-corrected chi connectivity index (χ4v) is 1.52. The first-order valence-corrected chi connectivity index (χ1v) is 4.26. The molecule has 0 unspecified atom stereocenters. The molecule has 2 nitrogen and oxygen atoms in total. The van der Waals surface area contributed by atoms with Crippen LogP contribution >= 0.6 is 0 Å². The molecule has 60 valence electrons. The van der Waals surface area contributed by atoms with Gasteiger partial charge in [-0.2, -0.15) is 0 Å². The normalized spacial score (nSPS) is 15.5. The van der Waals surface area contributed by atoms with Crippen molar-refractivity contribution in [3.63, 3.8) is 0 Å². The first-order valence-electron chi connectivity index (χ1n) is 4.26. The number of fused-ring (bicyclic) bond motifs is 1. The smallest absolute Gasteiger partial charge is 0.107 e. The van der Waals surface area contributed by atoms with Crippen LogP contribution in [0.1, 0.15) is 0 Å². The van der Waals surface area contributed by atoms with E-state index in [-0.39, 0.29) is 0 Å². The third-order valence-electron chi connectivity index (χ3n) is 2.30. The van der Waals surface area contributed by atoms with Gasteiger partial charge in [-0.1, -0.05) is 18.2 Å². The molecule has 0 atom stereocenters. The second kappa shape index (κ2) is 2.03. The van der Waals surface area contributed by atoms with E-state index in [4.69, 9.17) is 0 Å². The standard InChI is InChI=1S/C10H10N2/c1-2-4-9-8(3-1)7-10(11-9)12-5-6-12/h1-4,7,11H,5-6H2. The van der Waals surface area contributed by atoms with Crippen molar-refractivity contribution >= 4 is 16.7 Å². The Bertz CT molecular complexity index is 379. The zero-order chi connectivity index (χ0) is 7.97. The quantitative estimate of drug-likeness (QED) is 0.629. The minimum absolute atomic E-state index is 1.20. The summed E-state index contributed by atoms with van der Waals surface area (Å²) >= 11 is 0. The average molecular weight is 158 g/mol. The number of para-hydroxylation sites is 1. The number of benzene rings is 1. The molecule has 2 heterocycles. The predicted octanol–water partition coefficient (Wildman–Crippen LogP) is 1.99. The fourth-order valence-electron chi connectivity index (χ4n) is 1.52. The first kappa shape index (κ1) is 6.12. The maximum Gasteiger partial charge on any atom is 0.107 e. The Balaban J connectivity index is 2.23. The Morgan fingerprint density at radius 1 is 1.17 bits per heavy atom. The summed E-state index contributed by atoms with van der Waals surface area (Å²) in [7, 11) is 0. The number of nitrogens with one attached hydrogen (secondary N) is 1. The Labute approximate surface area is 70.8 Å². The van der Waals surface area contributed by atoms with Crippen molar-refractivity contribution < 1.29 is 0 Å². The molecule has 1 N–H and O–H groups in total. The highest BCUT2D eigenvalue weighted by atomic mass is 15.3. The summed E-state index contributed by atoms with van der Waals surface area (Å²) in [4.78, 5) is 5.70. The largest absolute Gasteiger partial charge is 0.355 e. The highest BCUT2D eigenvalue weighted by molar-refractivity contribution is 5.84. The summed E-state index contributed by atoms with van der Waals surface area (Å²) in [5.41, 5.74) is 1.24. The van der Waals surface area contributed by atoms with Gasteiger partial charge in [0, 0.05) is 24.0 Å². The second-order valence-electron chi connectivity index (χ2n) is 3.23. The summed E-state index contributed by atoms with van der Waals surface area (Å²) in [5, 5.41) is 1.31. The Morgan fingerprint density at radius 3 is 2.75 bits per heavy atom. The SMILES string of the molecule is c1ccc2[nH]c(N3CC3)cc2c1. The maximum atomic E-state index is 3.38. The molecule has 1 aliphatic rings. The maximum absolute atomic E-state index is 3.38. The minimum atomic E-state index is 1.20. The van der Waals surface area contributed by atoms with Gasteiger partial charge in [0.05, 0.1) is 0 Å². The van der Waals surface area contributed by atoms with Gasteiger partial charge in [-0.3, -0.25) is 0 Å². The number of hydrogen-bond acceptors (Lipinski definition) is 1. The molecule has 1 saturated heterocycles. The van der Waals surface area contributed by atoms with Crippen LogP contribution in [0.25, 0.3) is 10.9 Å². The molecular formula is C10H10N2. The van der Waals surface area contributed by atoms with Gasteiger partial charge in [0.1, 0.15) is 5.82 Å². The van der Waals surface area contributed by atoms with E-state index in [0.717, 1.165) is 0 Å². The summed E-state index contributed by atoms with van der Waals surface area (Å²) in [6, 6.07) is 10.6. The Morgan fingerprint density at radius 2 is 2.00 bits per heavy atom. The van der Waals surface area contributed by atoms with Gasteiger partial charge in [0.2, 0.25) is 0 Å². The average Bonchev–Trinajstić information content (AvgIpc) is 2.85. The van der Waals surface area contributed by atoms with Crippen LogP contribution in [0.15, 0.2) is 30.3 Å². The summed E-state index contributed by atoms with van der Waals surface area (Å²) in [6.07, 6.45) is 0. The van der Waals surface area contributed by atoms with Crippen LogP contribution < -0.4 is 4.90 Å². The predicted molar refractivity (Wildman–Crippen MR) is 50.5 cm³/mol. The zero-order valence-electron chi connectivity index (χ0n) is 6.75. The van der Waals surface area contributed by atoms with Crippen LogP contribution in [0.5, 0.6) is 0 Å². The van der Waals surface area contributed by atoms with Crippen molar-refractivity contribution in [1.29, 1.82) is 0 Å². The van der Waals surface area contributed by atoms with E-state index in [1.54, 1.807) is 0 Å². The van der Waals surface area contributed by atoms with Crippen molar-refractivity contribution in [3.8, 4) is 0 Å². The molecule has 12 heavy (non-hydrogen) atoms. The first-order chi connectivity index (χ1) is 5.93. The number of hydrogen-bond donors (Lipinski definition) is 1. The number of nitrogens with zero attached hydrogens (tertiary/aromatic N) is 1. The number of aromatic nitrogens is 1. The molecule has 1 fully saturated rings. The number of rotatable bonds is 1. The molecule has 3 rings (SSSR count). The van der Waals surface area contributed by atoms with Gasteiger partial charge in [0.15, 0.2) is 0 Å². The molecule has 2 heteroatoms. The molecule has 0 spiro atoms. The number of H-pyrrole nitrogens is 1. The third-order valence-corrected chi connectivity index (χ3v) is 2.30. The Kier molecular flexibility index (Phi) is 1.04. The minimum Gasteiger partial charge on any atom is -0.355 e. The van der Waals surface area contributed by atoms with E-state index in [0.29, 0.717) is 0 Å². The molecular weight excluding hydrogens is 148 g/mol. The molecule has 0 aliphatic carbocycles. The van der Waals surface area contributed by atoms with Gasteiger partial charge in [-0.05, 0) is 12.1 Å². The highest BCUT2D eigenvalue weighted by Gasteiger charge is 2.19. The number of aromatic amines is 1. The highest BCUT2D eigenvalue weighted by Crippen LogP contribution is 2.24. The zero-order valence-corrected chi connectivity index (χ0v) is 6.75. The van der Waals surface area contributed by atoms with Crippen LogP contribution in [0.3, 0.4) is 0 Å². The Hall–Kier alpha value is -1.44. The second-order valence-corrected chi connectivity index (χ2v) is 3.23. The van der Waals surface area contributed by atoms with Crippen LogP contribution in [-0.4, -0.2) is 18.1 Å². The van der Waals surface area contributed by atoms with Gasteiger partial charge < -0.3 is 9.88 Å². The van der Waals surface area contributed by atoms with Crippen LogP contribution in [0.4, 0.5) is 5.82 Å². The van der Waals surface area contributed by atoms with E-state index in [9.17, 15) is 0 Å². The van der Waals surface area contributed by atoms with E-state index in [2.05, 4.69) is 40.2 Å². The molecule has 1 aromatic carbocycles. The van der Waals surface area contributed by atoms with Crippen molar-refractivity contribution in [1.82, 2.24) is 4.98 Å². The van der Waals surface area contributed by atoms with Crippen molar-refractivity contribution in [2.75, 3.05) is 18.0 Å². The van der Waals surface area contributed by atoms with E-state index in [1.807, 2.05) is 0 Å². The van der Waals surface area contributed by atoms with Crippen LogP contribution in [0.2, 0.25) is 0 Å². The topological polar surface area (TPSA) is 18.8 Å². The van der Waals surface area contributed by atoms with Gasteiger partial charge in [-0.15, -0.1) is 0 Å². The van der Waals surface area contributed by atoms with E-state index in [1.165, 1.54) is 29.8 Å². The summed E-state index contributed by atoms with van der Waals surface area (Å²) in [5.74, 6) is 1.26.